The second-order valence-corrected chi connectivity index (χ2v) is 7.73. The van der Waals surface area contributed by atoms with Crippen LogP contribution < -0.4 is 0 Å². The summed E-state index contributed by atoms with van der Waals surface area (Å²) in [6.07, 6.45) is 7.12. The van der Waals surface area contributed by atoms with Crippen LogP contribution in [0, 0.1) is 5.82 Å². The van der Waals surface area contributed by atoms with E-state index in [0.717, 1.165) is 12.8 Å². The standard InChI is InChI=1S/C15H19ClFNO2S/c1-2-3-4-5-6-9-18-11-15(21(16,19)20)13-10-12(17)7-8-14(13)18/h7-8,10-11H,2-6,9H2,1H3. The van der Waals surface area contributed by atoms with Gasteiger partial charge in [0.05, 0.1) is 0 Å². The minimum absolute atomic E-state index is 0.0211. The number of unbranched alkanes of at least 4 members (excludes halogenated alkanes) is 4. The number of benzene rings is 1. The zero-order chi connectivity index (χ0) is 15.5. The van der Waals surface area contributed by atoms with Gasteiger partial charge >= 0.3 is 0 Å². The van der Waals surface area contributed by atoms with Crippen LogP contribution in [0.1, 0.15) is 39.0 Å². The summed E-state index contributed by atoms with van der Waals surface area (Å²) in [5.74, 6) is -0.468. The number of fused-ring (bicyclic) bond motifs is 1. The van der Waals surface area contributed by atoms with Crippen LogP contribution in [-0.4, -0.2) is 13.0 Å². The predicted molar refractivity (Wildman–Crippen MR) is 83.7 cm³/mol. The molecule has 0 atom stereocenters. The van der Waals surface area contributed by atoms with Crippen LogP contribution in [0.15, 0.2) is 29.3 Å². The monoisotopic (exact) mass is 331 g/mol. The van der Waals surface area contributed by atoms with E-state index in [4.69, 9.17) is 10.7 Å². The van der Waals surface area contributed by atoms with E-state index in [1.54, 1.807) is 6.07 Å². The van der Waals surface area contributed by atoms with Crippen molar-refractivity contribution in [1.82, 2.24) is 4.57 Å². The fourth-order valence-electron chi connectivity index (χ4n) is 2.50. The molecule has 116 valence electrons. The van der Waals surface area contributed by atoms with E-state index < -0.39 is 14.9 Å². The molecule has 0 spiro atoms. The van der Waals surface area contributed by atoms with Crippen molar-refractivity contribution < 1.29 is 12.8 Å². The molecule has 1 aromatic carbocycles. The number of hydrogen-bond acceptors (Lipinski definition) is 2. The summed E-state index contributed by atoms with van der Waals surface area (Å²) in [5.41, 5.74) is 0.700. The lowest BCUT2D eigenvalue weighted by atomic mass is 10.1. The molecule has 0 aliphatic carbocycles. The number of nitrogens with zero attached hydrogens (tertiary/aromatic N) is 1. The first-order chi connectivity index (χ1) is 9.93. The van der Waals surface area contributed by atoms with Crippen LogP contribution in [0.5, 0.6) is 0 Å². The Morgan fingerprint density at radius 1 is 1.19 bits per heavy atom. The van der Waals surface area contributed by atoms with E-state index in [9.17, 15) is 12.8 Å². The maximum absolute atomic E-state index is 13.4. The largest absolute Gasteiger partial charge is 0.346 e. The molecule has 21 heavy (non-hydrogen) atoms. The molecule has 0 radical (unpaired) electrons. The Morgan fingerprint density at radius 3 is 2.57 bits per heavy atom. The SMILES string of the molecule is CCCCCCCn1cc(S(=O)(=O)Cl)c2cc(F)ccc21. The highest BCUT2D eigenvalue weighted by molar-refractivity contribution is 8.14. The number of hydrogen-bond donors (Lipinski definition) is 0. The van der Waals surface area contributed by atoms with Gasteiger partial charge in [0.2, 0.25) is 0 Å². The van der Waals surface area contributed by atoms with E-state index >= 15 is 0 Å². The first-order valence-corrected chi connectivity index (χ1v) is 9.47. The van der Waals surface area contributed by atoms with Gasteiger partial charge in [-0.3, -0.25) is 0 Å². The van der Waals surface area contributed by atoms with Crippen molar-refractivity contribution >= 4 is 30.6 Å². The number of rotatable bonds is 7. The quantitative estimate of drug-likeness (QED) is 0.546. The molecule has 0 aliphatic rings. The molecule has 1 heterocycles. The molecule has 0 saturated carbocycles. The molecule has 2 aromatic rings. The van der Waals surface area contributed by atoms with Crippen molar-refractivity contribution in [3.63, 3.8) is 0 Å². The second kappa shape index (κ2) is 6.79. The molecule has 6 heteroatoms. The third kappa shape index (κ3) is 3.98. The van der Waals surface area contributed by atoms with E-state index in [0.29, 0.717) is 17.4 Å². The highest BCUT2D eigenvalue weighted by atomic mass is 35.7. The molecule has 0 bridgehead atoms. The molecule has 0 fully saturated rings. The van der Waals surface area contributed by atoms with Crippen LogP contribution in [0.25, 0.3) is 10.9 Å². The Kier molecular flexibility index (Phi) is 5.27. The molecule has 0 N–H and O–H groups in total. The maximum Gasteiger partial charge on any atom is 0.263 e. The zero-order valence-electron chi connectivity index (χ0n) is 12.0. The van der Waals surface area contributed by atoms with Gasteiger partial charge in [-0.25, -0.2) is 12.8 Å². The Morgan fingerprint density at radius 2 is 1.90 bits per heavy atom. The first-order valence-electron chi connectivity index (χ1n) is 7.16. The highest BCUT2D eigenvalue weighted by Crippen LogP contribution is 2.29. The summed E-state index contributed by atoms with van der Waals surface area (Å²) in [5, 5.41) is 0.346. The fourth-order valence-corrected chi connectivity index (χ4v) is 3.55. The van der Waals surface area contributed by atoms with Gasteiger partial charge in [-0.2, -0.15) is 0 Å². The van der Waals surface area contributed by atoms with Gasteiger partial charge in [-0.1, -0.05) is 32.6 Å². The van der Waals surface area contributed by atoms with Crippen molar-refractivity contribution in [3.05, 3.63) is 30.2 Å². The molecule has 0 aliphatic heterocycles. The van der Waals surface area contributed by atoms with Crippen LogP contribution in [0.3, 0.4) is 0 Å². The van der Waals surface area contributed by atoms with E-state index in [1.807, 2.05) is 4.57 Å². The molecule has 3 nitrogen and oxygen atoms in total. The van der Waals surface area contributed by atoms with E-state index in [-0.39, 0.29) is 4.90 Å². The molecule has 2 rings (SSSR count). The maximum atomic E-state index is 13.4. The topological polar surface area (TPSA) is 39.1 Å². The summed E-state index contributed by atoms with van der Waals surface area (Å²) in [4.78, 5) is -0.0211. The summed E-state index contributed by atoms with van der Waals surface area (Å²) in [6, 6.07) is 4.15. The average molecular weight is 332 g/mol. The van der Waals surface area contributed by atoms with Gasteiger partial charge < -0.3 is 4.57 Å². The highest BCUT2D eigenvalue weighted by Gasteiger charge is 2.19. The number of halogens is 2. The second-order valence-electron chi connectivity index (χ2n) is 5.20. The van der Waals surface area contributed by atoms with Crippen molar-refractivity contribution in [2.24, 2.45) is 0 Å². The Labute approximate surface area is 129 Å². The Hall–Kier alpha value is -1.07. The van der Waals surface area contributed by atoms with Crippen molar-refractivity contribution in [2.45, 2.75) is 50.5 Å². The third-order valence-electron chi connectivity index (χ3n) is 3.57. The summed E-state index contributed by atoms with van der Waals surface area (Å²) < 4.78 is 38.4. The predicted octanol–water partition coefficient (Wildman–Crippen LogP) is 4.68. The lowest BCUT2D eigenvalue weighted by Crippen LogP contribution is -1.96. The van der Waals surface area contributed by atoms with Crippen LogP contribution >= 0.6 is 10.7 Å². The first kappa shape index (κ1) is 16.3. The minimum atomic E-state index is -3.88. The van der Waals surface area contributed by atoms with Crippen LogP contribution in [0.4, 0.5) is 4.39 Å². The van der Waals surface area contributed by atoms with Gasteiger partial charge in [-0.15, -0.1) is 0 Å². The Bertz CT molecular complexity index is 725. The molecule has 0 unspecified atom stereocenters. The zero-order valence-corrected chi connectivity index (χ0v) is 13.6. The smallest absolute Gasteiger partial charge is 0.263 e. The molecule has 0 saturated heterocycles. The summed E-state index contributed by atoms with van der Waals surface area (Å²) in [7, 11) is 1.56. The van der Waals surface area contributed by atoms with Crippen molar-refractivity contribution in [2.75, 3.05) is 0 Å². The third-order valence-corrected chi connectivity index (χ3v) is 4.92. The lowest BCUT2D eigenvalue weighted by Gasteiger charge is -2.05. The van der Waals surface area contributed by atoms with Gasteiger partial charge in [0.25, 0.3) is 9.05 Å². The Balaban J connectivity index is 2.28. The fraction of sp³-hybridized carbons (Fsp3) is 0.467. The average Bonchev–Trinajstić information content (AvgIpc) is 2.76. The van der Waals surface area contributed by atoms with E-state index in [2.05, 4.69) is 6.92 Å². The van der Waals surface area contributed by atoms with Gasteiger partial charge in [0.15, 0.2) is 0 Å². The van der Waals surface area contributed by atoms with Gasteiger partial charge in [0.1, 0.15) is 10.7 Å². The molecule has 1 aromatic heterocycles. The molecule has 0 amide bonds. The van der Waals surface area contributed by atoms with Crippen molar-refractivity contribution in [1.29, 1.82) is 0 Å². The van der Waals surface area contributed by atoms with E-state index in [1.165, 1.54) is 37.6 Å². The van der Waals surface area contributed by atoms with Gasteiger partial charge in [0, 0.05) is 34.3 Å². The summed E-state index contributed by atoms with van der Waals surface area (Å²) in [6.45, 7) is 2.86. The number of aromatic nitrogens is 1. The van der Waals surface area contributed by atoms with Gasteiger partial charge in [-0.05, 0) is 24.6 Å². The normalized spacial score (nSPS) is 12.1. The van der Waals surface area contributed by atoms with Crippen LogP contribution in [-0.2, 0) is 15.6 Å². The molecular formula is C15H19ClFNO2S. The van der Waals surface area contributed by atoms with Crippen molar-refractivity contribution in [3.8, 4) is 0 Å². The molecular weight excluding hydrogens is 313 g/mol. The van der Waals surface area contributed by atoms with Crippen LogP contribution in [0.2, 0.25) is 0 Å². The summed E-state index contributed by atoms with van der Waals surface area (Å²) >= 11 is 0. The number of aryl methyl sites for hydroxylation is 1. The minimum Gasteiger partial charge on any atom is -0.346 e. The lowest BCUT2D eigenvalue weighted by molar-refractivity contribution is 0.575.